The maximum Gasteiger partial charge on any atom is 0.138 e. The second-order valence-corrected chi connectivity index (χ2v) is 5.11. The van der Waals surface area contributed by atoms with E-state index in [0.717, 1.165) is 0 Å². The Bertz CT molecular complexity index is 501. The van der Waals surface area contributed by atoms with Crippen molar-refractivity contribution in [1.29, 1.82) is 10.5 Å². The van der Waals surface area contributed by atoms with Gasteiger partial charge in [-0.25, -0.2) is 9.97 Å². The van der Waals surface area contributed by atoms with Crippen LogP contribution in [-0.2, 0) is 5.41 Å². The summed E-state index contributed by atoms with van der Waals surface area (Å²) in [6, 6.07) is 5.82. The number of aromatic nitrogens is 2. The lowest BCUT2D eigenvalue weighted by atomic mass is 9.96. The molecular weight excluding hydrogens is 240 g/mol. The highest BCUT2D eigenvalue weighted by Gasteiger charge is 2.20. The van der Waals surface area contributed by atoms with Gasteiger partial charge in [0.15, 0.2) is 0 Å². The van der Waals surface area contributed by atoms with Crippen molar-refractivity contribution in [2.45, 2.75) is 26.2 Å². The molecule has 0 aliphatic rings. The molecule has 1 aromatic rings. The van der Waals surface area contributed by atoms with Crippen LogP contribution in [-0.4, -0.2) is 30.1 Å². The zero-order chi connectivity index (χ0) is 14.5. The van der Waals surface area contributed by atoms with E-state index in [4.69, 9.17) is 10.5 Å². The van der Waals surface area contributed by atoms with Crippen LogP contribution in [0.1, 0.15) is 26.6 Å². The molecule has 0 amide bonds. The summed E-state index contributed by atoms with van der Waals surface area (Å²) >= 11 is 0. The molecule has 1 heterocycles. The van der Waals surface area contributed by atoms with E-state index in [-0.39, 0.29) is 18.5 Å². The van der Waals surface area contributed by atoms with Crippen molar-refractivity contribution in [2.75, 3.05) is 30.4 Å². The van der Waals surface area contributed by atoms with E-state index in [1.807, 2.05) is 32.9 Å². The number of hydrogen-bond acceptors (Lipinski definition) is 6. The molecule has 0 aliphatic heterocycles. The summed E-state index contributed by atoms with van der Waals surface area (Å²) < 4.78 is 0. The molecule has 0 radical (unpaired) electrons. The van der Waals surface area contributed by atoms with Gasteiger partial charge in [0.05, 0.1) is 12.1 Å². The molecule has 0 saturated heterocycles. The molecule has 1 N–H and O–H groups in total. The Labute approximate surface area is 113 Å². The number of nitrogens with one attached hydrogen (secondary N) is 1. The molecule has 19 heavy (non-hydrogen) atoms. The molecule has 0 unspecified atom stereocenters. The number of anilines is 2. The second kappa shape index (κ2) is 6.01. The van der Waals surface area contributed by atoms with Crippen molar-refractivity contribution in [3.05, 3.63) is 11.9 Å². The van der Waals surface area contributed by atoms with Gasteiger partial charge in [-0.2, -0.15) is 10.5 Å². The highest BCUT2D eigenvalue weighted by Crippen LogP contribution is 2.23. The van der Waals surface area contributed by atoms with Gasteiger partial charge in [0.25, 0.3) is 0 Å². The first-order chi connectivity index (χ1) is 8.92. The van der Waals surface area contributed by atoms with Crippen LogP contribution in [0.4, 0.5) is 11.6 Å². The lowest BCUT2D eigenvalue weighted by Crippen LogP contribution is -2.27. The normalized spacial score (nSPS) is 10.4. The maximum atomic E-state index is 8.82. The van der Waals surface area contributed by atoms with Crippen molar-refractivity contribution in [3.63, 3.8) is 0 Å². The number of nitriles is 2. The monoisotopic (exact) mass is 258 g/mol. The lowest BCUT2D eigenvalue weighted by Gasteiger charge is -2.22. The minimum atomic E-state index is -0.202. The van der Waals surface area contributed by atoms with Gasteiger partial charge in [-0.3, -0.25) is 0 Å². The number of nitrogens with zero attached hydrogens (tertiary/aromatic N) is 5. The summed E-state index contributed by atoms with van der Waals surface area (Å²) in [6.07, 6.45) is 0. The molecule has 100 valence electrons. The molecule has 6 heteroatoms. The van der Waals surface area contributed by atoms with Crippen LogP contribution in [0.2, 0.25) is 0 Å². The maximum absolute atomic E-state index is 8.82. The minimum Gasteiger partial charge on any atom is -0.373 e. The van der Waals surface area contributed by atoms with E-state index in [2.05, 4.69) is 15.3 Å². The van der Waals surface area contributed by atoms with Crippen LogP contribution in [0, 0.1) is 22.7 Å². The predicted octanol–water partition coefficient (Wildman–Crippen LogP) is 1.67. The Kier molecular flexibility index (Phi) is 4.66. The summed E-state index contributed by atoms with van der Waals surface area (Å²) in [7, 11) is 1.78. The molecule has 0 fully saturated rings. The van der Waals surface area contributed by atoms with Gasteiger partial charge in [-0.1, -0.05) is 20.8 Å². The van der Waals surface area contributed by atoms with E-state index >= 15 is 0 Å². The van der Waals surface area contributed by atoms with Crippen LogP contribution in [0.15, 0.2) is 6.07 Å². The Balaban J connectivity index is 3.26. The zero-order valence-corrected chi connectivity index (χ0v) is 11.7. The standard InChI is InChI=1S/C13H18N6/c1-13(2,3)12-17-10(16-4)9-11(18-12)19(7-5-14)8-6-15/h9H,7-8H2,1-4H3,(H,16,17,18). The van der Waals surface area contributed by atoms with Crippen molar-refractivity contribution in [2.24, 2.45) is 0 Å². The number of rotatable bonds is 4. The molecule has 1 aromatic heterocycles. The summed E-state index contributed by atoms with van der Waals surface area (Å²) in [5.74, 6) is 1.94. The smallest absolute Gasteiger partial charge is 0.138 e. The van der Waals surface area contributed by atoms with Gasteiger partial charge in [-0.15, -0.1) is 0 Å². The highest BCUT2D eigenvalue weighted by molar-refractivity contribution is 5.50. The topological polar surface area (TPSA) is 88.6 Å². The van der Waals surface area contributed by atoms with E-state index in [1.54, 1.807) is 18.0 Å². The average molecular weight is 258 g/mol. The first-order valence-electron chi connectivity index (χ1n) is 5.98. The third-order valence-corrected chi connectivity index (χ3v) is 2.49. The lowest BCUT2D eigenvalue weighted by molar-refractivity contribution is 0.545. The molecule has 1 rings (SSSR count). The summed E-state index contributed by atoms with van der Waals surface area (Å²) in [5, 5.41) is 20.6. The fourth-order valence-electron chi connectivity index (χ4n) is 1.45. The van der Waals surface area contributed by atoms with E-state index < -0.39 is 0 Å². The Morgan fingerprint density at radius 3 is 2.21 bits per heavy atom. The first kappa shape index (κ1) is 14.7. The van der Waals surface area contributed by atoms with Gasteiger partial charge in [-0.05, 0) is 0 Å². The molecule has 0 atom stereocenters. The Hall–Kier alpha value is -2.34. The molecule has 6 nitrogen and oxygen atoms in total. The largest absolute Gasteiger partial charge is 0.373 e. The van der Waals surface area contributed by atoms with Crippen LogP contribution < -0.4 is 10.2 Å². The summed E-state index contributed by atoms with van der Waals surface area (Å²) in [6.45, 7) is 6.30. The zero-order valence-electron chi connectivity index (χ0n) is 11.7. The second-order valence-electron chi connectivity index (χ2n) is 5.11. The predicted molar refractivity (Wildman–Crippen MR) is 73.7 cm³/mol. The Morgan fingerprint density at radius 1 is 1.21 bits per heavy atom. The SMILES string of the molecule is CNc1cc(N(CC#N)CC#N)nc(C(C)(C)C)n1. The Morgan fingerprint density at radius 2 is 1.79 bits per heavy atom. The summed E-state index contributed by atoms with van der Waals surface area (Å²) in [4.78, 5) is 10.5. The van der Waals surface area contributed by atoms with Crippen LogP contribution in [0.5, 0.6) is 0 Å². The summed E-state index contributed by atoms with van der Waals surface area (Å²) in [5.41, 5.74) is -0.202. The minimum absolute atomic E-state index is 0.122. The van der Waals surface area contributed by atoms with E-state index in [1.165, 1.54) is 0 Å². The fourth-order valence-corrected chi connectivity index (χ4v) is 1.45. The van der Waals surface area contributed by atoms with Crippen LogP contribution >= 0.6 is 0 Å². The molecule has 0 saturated carbocycles. The van der Waals surface area contributed by atoms with Gasteiger partial charge >= 0.3 is 0 Å². The average Bonchev–Trinajstić information content (AvgIpc) is 2.37. The van der Waals surface area contributed by atoms with Crippen molar-refractivity contribution >= 4 is 11.6 Å². The molecular formula is C13H18N6. The molecule has 0 bridgehead atoms. The van der Waals surface area contributed by atoms with E-state index in [9.17, 15) is 0 Å². The van der Waals surface area contributed by atoms with Crippen molar-refractivity contribution in [1.82, 2.24) is 9.97 Å². The quantitative estimate of drug-likeness (QED) is 0.826. The molecule has 0 aromatic carbocycles. The highest BCUT2D eigenvalue weighted by atomic mass is 15.2. The van der Waals surface area contributed by atoms with Crippen molar-refractivity contribution in [3.8, 4) is 12.1 Å². The van der Waals surface area contributed by atoms with Crippen molar-refractivity contribution < 1.29 is 0 Å². The van der Waals surface area contributed by atoms with Crippen LogP contribution in [0.3, 0.4) is 0 Å². The van der Waals surface area contributed by atoms with Gasteiger partial charge in [0.2, 0.25) is 0 Å². The fraction of sp³-hybridized carbons (Fsp3) is 0.538. The van der Waals surface area contributed by atoms with Gasteiger partial charge in [0, 0.05) is 18.5 Å². The number of hydrogen-bond donors (Lipinski definition) is 1. The van der Waals surface area contributed by atoms with E-state index in [0.29, 0.717) is 17.5 Å². The third-order valence-electron chi connectivity index (χ3n) is 2.49. The first-order valence-corrected chi connectivity index (χ1v) is 5.98. The van der Waals surface area contributed by atoms with Gasteiger partial charge in [0.1, 0.15) is 30.5 Å². The molecule has 0 spiro atoms. The molecule has 0 aliphatic carbocycles. The van der Waals surface area contributed by atoms with Gasteiger partial charge < -0.3 is 10.2 Å². The van der Waals surface area contributed by atoms with Crippen LogP contribution in [0.25, 0.3) is 0 Å². The third kappa shape index (κ3) is 3.82.